The van der Waals surface area contributed by atoms with Crippen LogP contribution in [0.15, 0.2) is 17.0 Å². The number of phenolic OH excluding ortho intramolecular Hbond substituents is 1. The van der Waals surface area contributed by atoms with Crippen molar-refractivity contribution in [2.45, 2.75) is 93.5 Å². The van der Waals surface area contributed by atoms with E-state index in [1.807, 2.05) is 11.8 Å². The molecule has 0 aliphatic heterocycles. The first-order valence-electron chi connectivity index (χ1n) is 9.77. The third-order valence-electron chi connectivity index (χ3n) is 5.05. The maximum Gasteiger partial charge on any atom is 0.313 e. The van der Waals surface area contributed by atoms with E-state index in [1.54, 1.807) is 11.8 Å². The molecule has 1 aliphatic rings. The quantitative estimate of drug-likeness (QED) is 0.604. The van der Waals surface area contributed by atoms with Crippen molar-refractivity contribution in [2.75, 3.05) is 5.75 Å². The summed E-state index contributed by atoms with van der Waals surface area (Å²) < 4.78 is 0. The number of carbonyl (C=O) groups is 1. The Morgan fingerprint density at radius 2 is 1.48 bits per heavy atom. The molecule has 27 heavy (non-hydrogen) atoms. The van der Waals surface area contributed by atoms with E-state index >= 15 is 0 Å². The van der Waals surface area contributed by atoms with Crippen LogP contribution in [0.4, 0.5) is 0 Å². The summed E-state index contributed by atoms with van der Waals surface area (Å²) in [4.78, 5) is 12.2. The third-order valence-corrected chi connectivity index (χ3v) is 8.00. The van der Waals surface area contributed by atoms with Gasteiger partial charge in [-0.05, 0) is 35.8 Å². The SMILES string of the molecule is CC(C)(C)c1cc(SC2CCCCC2SCC(=O)O)cc(C(C)(C)C)c1O. The van der Waals surface area contributed by atoms with E-state index in [9.17, 15) is 9.90 Å². The van der Waals surface area contributed by atoms with Gasteiger partial charge in [0, 0.05) is 26.5 Å². The molecule has 0 aromatic heterocycles. The van der Waals surface area contributed by atoms with Crippen molar-refractivity contribution < 1.29 is 15.0 Å². The number of rotatable bonds is 5. The molecule has 5 heteroatoms. The molecule has 152 valence electrons. The summed E-state index contributed by atoms with van der Waals surface area (Å²) in [5, 5.41) is 20.8. The lowest BCUT2D eigenvalue weighted by molar-refractivity contribution is -0.133. The van der Waals surface area contributed by atoms with Crippen LogP contribution in [0.25, 0.3) is 0 Å². The fourth-order valence-corrected chi connectivity index (χ4v) is 6.30. The van der Waals surface area contributed by atoms with Gasteiger partial charge in [0.2, 0.25) is 0 Å². The van der Waals surface area contributed by atoms with E-state index in [-0.39, 0.29) is 16.6 Å². The van der Waals surface area contributed by atoms with Crippen LogP contribution in [0.5, 0.6) is 5.75 Å². The molecular formula is C22H34O3S2. The summed E-state index contributed by atoms with van der Waals surface area (Å²) in [6.45, 7) is 12.8. The number of carboxylic acids is 1. The van der Waals surface area contributed by atoms with Crippen molar-refractivity contribution in [3.63, 3.8) is 0 Å². The van der Waals surface area contributed by atoms with Crippen molar-refractivity contribution >= 4 is 29.5 Å². The zero-order valence-electron chi connectivity index (χ0n) is 17.5. The standard InChI is InChI=1S/C22H34O3S2/c1-21(2,3)15-11-14(12-16(20(15)25)22(4,5)6)27-18-10-8-7-9-17(18)26-13-19(23)24/h11-12,17-18,25H,7-10,13H2,1-6H3,(H,23,24). The number of carboxylic acid groups (broad SMARTS) is 1. The molecule has 0 amide bonds. The highest BCUT2D eigenvalue weighted by atomic mass is 32.2. The van der Waals surface area contributed by atoms with Gasteiger partial charge in [-0.3, -0.25) is 4.79 Å². The van der Waals surface area contributed by atoms with Crippen LogP contribution in [-0.2, 0) is 15.6 Å². The molecule has 0 radical (unpaired) electrons. The number of aliphatic carboxylic acids is 1. The summed E-state index contributed by atoms with van der Waals surface area (Å²) in [5.41, 5.74) is 1.71. The van der Waals surface area contributed by atoms with Crippen molar-refractivity contribution in [1.29, 1.82) is 0 Å². The monoisotopic (exact) mass is 410 g/mol. The van der Waals surface area contributed by atoms with Crippen LogP contribution < -0.4 is 0 Å². The van der Waals surface area contributed by atoms with Crippen LogP contribution in [0, 0.1) is 0 Å². The summed E-state index contributed by atoms with van der Waals surface area (Å²) in [7, 11) is 0. The van der Waals surface area contributed by atoms with E-state index in [0.29, 0.717) is 16.2 Å². The second-order valence-corrected chi connectivity index (χ2v) is 12.1. The van der Waals surface area contributed by atoms with Crippen LogP contribution in [0.2, 0.25) is 0 Å². The Balaban J connectivity index is 2.35. The van der Waals surface area contributed by atoms with Gasteiger partial charge in [0.25, 0.3) is 0 Å². The first kappa shape index (κ1) is 22.5. The lowest BCUT2D eigenvalue weighted by atomic mass is 9.79. The lowest BCUT2D eigenvalue weighted by Gasteiger charge is -2.32. The average molecular weight is 411 g/mol. The molecule has 1 fully saturated rings. The van der Waals surface area contributed by atoms with Gasteiger partial charge < -0.3 is 10.2 Å². The molecule has 1 aliphatic carbocycles. The largest absolute Gasteiger partial charge is 0.507 e. The van der Waals surface area contributed by atoms with Crippen molar-refractivity contribution in [3.8, 4) is 5.75 Å². The van der Waals surface area contributed by atoms with Crippen molar-refractivity contribution in [2.24, 2.45) is 0 Å². The van der Waals surface area contributed by atoms with E-state index in [4.69, 9.17) is 5.11 Å². The molecule has 1 aromatic rings. The topological polar surface area (TPSA) is 57.5 Å². The molecule has 0 heterocycles. The van der Waals surface area contributed by atoms with E-state index in [1.165, 1.54) is 17.7 Å². The van der Waals surface area contributed by atoms with E-state index in [0.717, 1.165) is 24.0 Å². The minimum atomic E-state index is -0.732. The van der Waals surface area contributed by atoms with Gasteiger partial charge >= 0.3 is 5.97 Å². The molecule has 2 rings (SSSR count). The van der Waals surface area contributed by atoms with Crippen LogP contribution in [-0.4, -0.2) is 32.4 Å². The third kappa shape index (κ3) is 6.08. The predicted molar refractivity (Wildman–Crippen MR) is 118 cm³/mol. The first-order valence-corrected chi connectivity index (χ1v) is 11.7. The molecule has 2 N–H and O–H groups in total. The summed E-state index contributed by atoms with van der Waals surface area (Å²) in [6.07, 6.45) is 4.60. The zero-order chi connectivity index (χ0) is 20.4. The highest BCUT2D eigenvalue weighted by Crippen LogP contribution is 2.45. The van der Waals surface area contributed by atoms with Gasteiger partial charge in [-0.15, -0.1) is 23.5 Å². The molecular weight excluding hydrogens is 376 g/mol. The van der Waals surface area contributed by atoms with E-state index < -0.39 is 5.97 Å². The predicted octanol–water partition coefficient (Wildman–Crippen LogP) is 6.21. The maximum absolute atomic E-state index is 11.0. The smallest absolute Gasteiger partial charge is 0.313 e. The van der Waals surface area contributed by atoms with Gasteiger partial charge in [-0.2, -0.15) is 0 Å². The second kappa shape index (κ2) is 8.69. The van der Waals surface area contributed by atoms with Gasteiger partial charge in [-0.25, -0.2) is 0 Å². The zero-order valence-corrected chi connectivity index (χ0v) is 19.1. The fraction of sp³-hybridized carbons (Fsp3) is 0.682. The number of hydrogen-bond donors (Lipinski definition) is 2. The van der Waals surface area contributed by atoms with Gasteiger partial charge in [-0.1, -0.05) is 54.4 Å². The highest BCUT2D eigenvalue weighted by Gasteiger charge is 2.30. The lowest BCUT2D eigenvalue weighted by Crippen LogP contribution is -2.26. The van der Waals surface area contributed by atoms with Crippen LogP contribution in [0.1, 0.15) is 78.4 Å². The van der Waals surface area contributed by atoms with Gasteiger partial charge in [0.15, 0.2) is 0 Å². The summed E-state index contributed by atoms with van der Waals surface area (Å²) in [5.74, 6) is -0.138. The van der Waals surface area contributed by atoms with Crippen molar-refractivity contribution in [3.05, 3.63) is 23.3 Å². The Morgan fingerprint density at radius 3 is 1.93 bits per heavy atom. The molecule has 0 saturated heterocycles. The molecule has 1 aromatic carbocycles. The Hall–Kier alpha value is -0.810. The Labute approximate surface area is 172 Å². The van der Waals surface area contributed by atoms with E-state index in [2.05, 4.69) is 53.7 Å². The Kier molecular flexibility index (Phi) is 7.23. The first-order chi connectivity index (χ1) is 12.4. The number of aromatic hydroxyl groups is 1. The van der Waals surface area contributed by atoms with Crippen LogP contribution in [0.3, 0.4) is 0 Å². The molecule has 2 unspecified atom stereocenters. The minimum Gasteiger partial charge on any atom is -0.507 e. The van der Waals surface area contributed by atoms with Crippen molar-refractivity contribution in [1.82, 2.24) is 0 Å². The van der Waals surface area contributed by atoms with Gasteiger partial charge in [0.05, 0.1) is 5.75 Å². The normalized spacial score (nSPS) is 21.3. The Morgan fingerprint density at radius 1 is 1.00 bits per heavy atom. The average Bonchev–Trinajstić information content (AvgIpc) is 2.53. The molecule has 0 bridgehead atoms. The number of phenols is 1. The highest BCUT2D eigenvalue weighted by molar-refractivity contribution is 8.04. The van der Waals surface area contributed by atoms with Gasteiger partial charge in [0.1, 0.15) is 5.75 Å². The summed E-state index contributed by atoms with van der Waals surface area (Å²) >= 11 is 3.45. The molecule has 3 nitrogen and oxygen atoms in total. The van der Waals surface area contributed by atoms with Crippen LogP contribution >= 0.6 is 23.5 Å². The molecule has 1 saturated carbocycles. The Bertz CT molecular complexity index is 636. The fourth-order valence-electron chi connectivity index (χ4n) is 3.56. The molecule has 2 atom stereocenters. The number of benzene rings is 1. The summed E-state index contributed by atoms with van der Waals surface area (Å²) in [6, 6.07) is 4.28. The minimum absolute atomic E-state index is 0.134. The number of thioether (sulfide) groups is 2. The number of hydrogen-bond acceptors (Lipinski definition) is 4. The second-order valence-electron chi connectivity index (χ2n) is 9.55. The maximum atomic E-state index is 11.0. The molecule has 0 spiro atoms.